The number of benzene rings is 6. The molecular formula is C42H42N2O. The zero-order valence-corrected chi connectivity index (χ0v) is 29.3. The van der Waals surface area contributed by atoms with Gasteiger partial charge < -0.3 is 0 Å². The van der Waals surface area contributed by atoms with E-state index in [1.807, 2.05) is 4.40 Å². The second-order valence-electron chi connectivity index (χ2n) is 14.3. The van der Waals surface area contributed by atoms with E-state index in [2.05, 4.69) is 96.9 Å². The van der Waals surface area contributed by atoms with E-state index in [1.165, 1.54) is 98.9 Å². The van der Waals surface area contributed by atoms with Gasteiger partial charge in [-0.05, 0) is 213 Å². The van der Waals surface area contributed by atoms with Crippen molar-refractivity contribution in [1.29, 1.82) is 0 Å². The summed E-state index contributed by atoms with van der Waals surface area (Å²) in [5, 5.41) is 12.4. The maximum atomic E-state index is 15.0. The van der Waals surface area contributed by atoms with Crippen LogP contribution in [0.2, 0.25) is 0 Å². The molecule has 3 nitrogen and oxygen atoms in total. The molecule has 0 aliphatic rings. The lowest BCUT2D eigenvalue weighted by Gasteiger charge is -2.27. The molecule has 0 radical (unpaired) electrons. The Morgan fingerprint density at radius 1 is 0.333 bits per heavy atom. The van der Waals surface area contributed by atoms with Crippen molar-refractivity contribution in [2.45, 2.75) is 96.9 Å². The summed E-state index contributed by atoms with van der Waals surface area (Å²) in [7, 11) is 0. The largest absolute Gasteiger partial charge is 0.268 e. The van der Waals surface area contributed by atoms with Gasteiger partial charge in [0, 0.05) is 10.8 Å². The van der Waals surface area contributed by atoms with Crippen molar-refractivity contribution in [3.8, 4) is 0 Å². The van der Waals surface area contributed by atoms with E-state index >= 15 is 4.79 Å². The van der Waals surface area contributed by atoms with Crippen LogP contribution in [-0.2, 0) is 0 Å². The highest BCUT2D eigenvalue weighted by atomic mass is 16.1. The minimum Gasteiger partial charge on any atom is -0.268 e. The molecule has 0 spiro atoms. The van der Waals surface area contributed by atoms with Gasteiger partial charge in [-0.3, -0.25) is 9.20 Å². The lowest BCUT2D eigenvalue weighted by atomic mass is 9.76. The summed E-state index contributed by atoms with van der Waals surface area (Å²) in [5.74, 6) is 0. The Balaban J connectivity index is 1.86. The number of nitrogens with zero attached hydrogens (tertiary/aromatic N) is 2. The molecule has 45 heavy (non-hydrogen) atoms. The highest BCUT2D eigenvalue weighted by Crippen LogP contribution is 2.52. The van der Waals surface area contributed by atoms with E-state index in [0.29, 0.717) is 0 Å². The Morgan fingerprint density at radius 2 is 0.667 bits per heavy atom. The molecule has 0 N–H and O–H groups in total. The van der Waals surface area contributed by atoms with E-state index in [9.17, 15) is 0 Å². The van der Waals surface area contributed by atoms with Crippen LogP contribution in [0.4, 0.5) is 0 Å². The van der Waals surface area contributed by atoms with E-state index in [0.717, 1.165) is 49.5 Å². The monoisotopic (exact) mass is 590 g/mol. The summed E-state index contributed by atoms with van der Waals surface area (Å²) in [5.41, 5.74) is 20.5. The zero-order valence-electron chi connectivity index (χ0n) is 29.3. The molecule has 8 rings (SSSR count). The van der Waals surface area contributed by atoms with E-state index in [1.54, 1.807) is 0 Å². The molecule has 3 heteroatoms. The van der Waals surface area contributed by atoms with Gasteiger partial charge in [-0.25, -0.2) is 4.98 Å². The molecule has 0 unspecified atom stereocenters. The molecule has 2 aromatic heterocycles. The average Bonchev–Trinajstić information content (AvgIpc) is 3.41. The quantitative estimate of drug-likeness (QED) is 0.130. The van der Waals surface area contributed by atoms with Crippen molar-refractivity contribution in [2.75, 3.05) is 0 Å². The number of rotatable bonds is 0. The standard InChI is InChI=1S/C42H42N2O/c1-15-16(2)28(14)40-39(27(15)13)43-41-34-25(11)23(9)32-30-21(7)17(3)19(5)29-20(6)18(4)22(8)31(36(29)30)33-24(10)26(12)35(38(34)37(32)33)42(45)44(40)41/h1-14H3. The fraction of sp³-hybridized carbons (Fsp3) is 0.333. The van der Waals surface area contributed by atoms with Gasteiger partial charge in [0.25, 0.3) is 5.56 Å². The number of aromatic nitrogens is 2. The zero-order chi connectivity index (χ0) is 32.5. The summed E-state index contributed by atoms with van der Waals surface area (Å²) in [4.78, 5) is 20.4. The molecule has 2 heterocycles. The fourth-order valence-electron chi connectivity index (χ4n) is 9.19. The van der Waals surface area contributed by atoms with Gasteiger partial charge in [0.05, 0.1) is 16.4 Å². The molecule has 0 atom stereocenters. The van der Waals surface area contributed by atoms with Crippen LogP contribution in [0.5, 0.6) is 0 Å². The number of hydrogen-bond donors (Lipinski definition) is 0. The fourth-order valence-corrected chi connectivity index (χ4v) is 9.19. The lowest BCUT2D eigenvalue weighted by Crippen LogP contribution is -2.17. The first kappa shape index (κ1) is 28.2. The number of hydrogen-bond acceptors (Lipinski definition) is 2. The molecule has 0 saturated carbocycles. The molecule has 0 aliphatic heterocycles. The molecule has 0 bridgehead atoms. The Morgan fingerprint density at radius 3 is 1.18 bits per heavy atom. The maximum absolute atomic E-state index is 15.0. The summed E-state index contributed by atoms with van der Waals surface area (Å²) in [6.45, 7) is 31.4. The summed E-state index contributed by atoms with van der Waals surface area (Å²) < 4.78 is 1.96. The van der Waals surface area contributed by atoms with Crippen molar-refractivity contribution >= 4 is 70.5 Å². The molecule has 0 aliphatic carbocycles. The van der Waals surface area contributed by atoms with Crippen LogP contribution in [-0.4, -0.2) is 9.38 Å². The molecule has 0 amide bonds. The van der Waals surface area contributed by atoms with Gasteiger partial charge in [0.15, 0.2) is 0 Å². The van der Waals surface area contributed by atoms with Crippen LogP contribution in [0.3, 0.4) is 0 Å². The summed E-state index contributed by atoms with van der Waals surface area (Å²) in [6, 6.07) is 0. The Kier molecular flexibility index (Phi) is 5.34. The molecule has 226 valence electrons. The first-order valence-corrected chi connectivity index (χ1v) is 16.3. The van der Waals surface area contributed by atoms with Gasteiger partial charge >= 0.3 is 0 Å². The van der Waals surface area contributed by atoms with E-state index in [4.69, 9.17) is 4.98 Å². The number of imidazole rings is 1. The maximum Gasteiger partial charge on any atom is 0.265 e. The minimum atomic E-state index is 0.0525. The van der Waals surface area contributed by atoms with Gasteiger partial charge in [-0.15, -0.1) is 0 Å². The van der Waals surface area contributed by atoms with Crippen LogP contribution in [0.1, 0.15) is 77.9 Å². The van der Waals surface area contributed by atoms with Gasteiger partial charge in [0.1, 0.15) is 5.65 Å². The second kappa shape index (κ2) is 8.51. The van der Waals surface area contributed by atoms with Crippen LogP contribution in [0, 0.1) is 96.9 Å². The van der Waals surface area contributed by atoms with Gasteiger partial charge in [0.2, 0.25) is 0 Å². The number of fused-ring (bicyclic) bond motifs is 6. The van der Waals surface area contributed by atoms with Crippen molar-refractivity contribution in [3.63, 3.8) is 0 Å². The van der Waals surface area contributed by atoms with Crippen LogP contribution >= 0.6 is 0 Å². The van der Waals surface area contributed by atoms with Crippen LogP contribution in [0.25, 0.3) is 70.5 Å². The predicted molar refractivity (Wildman–Crippen MR) is 195 cm³/mol. The second-order valence-corrected chi connectivity index (χ2v) is 14.3. The third kappa shape index (κ3) is 2.90. The normalized spacial score (nSPS) is 12.8. The highest BCUT2D eigenvalue weighted by molar-refractivity contribution is 6.41. The van der Waals surface area contributed by atoms with Crippen LogP contribution < -0.4 is 5.56 Å². The third-order valence-electron chi connectivity index (χ3n) is 12.8. The van der Waals surface area contributed by atoms with Crippen molar-refractivity contribution in [2.24, 2.45) is 0 Å². The van der Waals surface area contributed by atoms with Crippen molar-refractivity contribution < 1.29 is 0 Å². The first-order chi connectivity index (χ1) is 21.1. The molecule has 6 aromatic carbocycles. The SMILES string of the molecule is Cc1c(C)c(C)c2c(nc3c4c(C)c(C)c5c6c(C)c(C)c(C)c7c(C)c(C)c(C)c(c8c(C)c(C)c(c(=O)n32)c4c85)c76)c1C. The Hall–Kier alpha value is -4.24. The van der Waals surface area contributed by atoms with Gasteiger partial charge in [-0.1, -0.05) is 0 Å². The smallest absolute Gasteiger partial charge is 0.265 e. The van der Waals surface area contributed by atoms with E-state index in [-0.39, 0.29) is 5.56 Å². The topological polar surface area (TPSA) is 34.4 Å². The molecule has 8 aromatic rings. The molecule has 0 fully saturated rings. The first-order valence-electron chi connectivity index (χ1n) is 16.3. The summed E-state index contributed by atoms with van der Waals surface area (Å²) in [6.07, 6.45) is 0. The Bertz CT molecular complexity index is 2720. The molecular weight excluding hydrogens is 548 g/mol. The number of aryl methyl sites for hydroxylation is 10. The van der Waals surface area contributed by atoms with Gasteiger partial charge in [-0.2, -0.15) is 0 Å². The Labute approximate surface area is 264 Å². The molecule has 0 saturated heterocycles. The van der Waals surface area contributed by atoms with Crippen LogP contribution in [0.15, 0.2) is 4.79 Å². The lowest BCUT2D eigenvalue weighted by molar-refractivity contribution is 1.16. The predicted octanol–water partition coefficient (Wildman–Crippen LogP) is 10.8. The van der Waals surface area contributed by atoms with Crippen molar-refractivity contribution in [3.05, 3.63) is 88.2 Å². The minimum absolute atomic E-state index is 0.0525. The average molecular weight is 591 g/mol. The van der Waals surface area contributed by atoms with Crippen molar-refractivity contribution in [1.82, 2.24) is 9.38 Å². The number of pyridine rings is 1. The summed E-state index contributed by atoms with van der Waals surface area (Å²) >= 11 is 0. The van der Waals surface area contributed by atoms with E-state index < -0.39 is 0 Å². The third-order valence-corrected chi connectivity index (χ3v) is 12.8. The highest BCUT2D eigenvalue weighted by Gasteiger charge is 2.30.